The summed E-state index contributed by atoms with van der Waals surface area (Å²) in [4.78, 5) is 29.8. The first kappa shape index (κ1) is 43.8. The van der Waals surface area contributed by atoms with E-state index < -0.39 is 31.4 Å². The molecule has 0 bridgehead atoms. The number of hydrogen-bond acceptors (Lipinski definition) is 11. The van der Waals surface area contributed by atoms with Gasteiger partial charge in [0.15, 0.2) is 5.75 Å². The molecule has 336 valence electrons. The molecule has 0 atom stereocenters. The fourth-order valence-corrected chi connectivity index (χ4v) is 10.6. The molecule has 2 N–H and O–H groups in total. The van der Waals surface area contributed by atoms with E-state index >= 15 is 0 Å². The molecule has 3 fully saturated rings. The zero-order valence-corrected chi connectivity index (χ0v) is 37.7. The number of nitro groups is 1. The molecule has 4 aromatic carbocycles. The van der Waals surface area contributed by atoms with E-state index in [0.717, 1.165) is 113 Å². The van der Waals surface area contributed by atoms with Crippen LogP contribution in [0.3, 0.4) is 0 Å². The minimum absolute atomic E-state index is 0.0270. The van der Waals surface area contributed by atoms with Crippen molar-refractivity contribution in [2.24, 2.45) is 16.7 Å². The van der Waals surface area contributed by atoms with Gasteiger partial charge in [0.2, 0.25) is 0 Å². The van der Waals surface area contributed by atoms with Crippen molar-refractivity contribution in [3.05, 3.63) is 117 Å². The van der Waals surface area contributed by atoms with Gasteiger partial charge in [-0.2, -0.15) is 5.10 Å². The highest BCUT2D eigenvalue weighted by molar-refractivity contribution is 7.90. The van der Waals surface area contributed by atoms with Crippen LogP contribution in [0.1, 0.15) is 74.7 Å². The summed E-state index contributed by atoms with van der Waals surface area (Å²) in [6, 6.07) is 22.1. The SMILES string of the molecule is CC1(C)CCC(CN2CCN(c3ccc(C(=O)NS(=O)(=O)c4ccc(OCC5CCC6(CC5)COC6)c([N+](=O)[O-])c4)c(Oc4cccc5[nH]ncc45)c3)CC2)=C(c2ccc(Cl)cc2)C1. The Morgan fingerprint density at radius 3 is 2.45 bits per heavy atom. The van der Waals surface area contributed by atoms with E-state index in [-0.39, 0.29) is 40.4 Å². The number of hydrogen-bond donors (Lipinski definition) is 2. The molecule has 14 nitrogen and oxygen atoms in total. The molecule has 0 radical (unpaired) electrons. The summed E-state index contributed by atoms with van der Waals surface area (Å²) in [5.74, 6) is -0.200. The third-order valence-electron chi connectivity index (χ3n) is 13.5. The highest BCUT2D eigenvalue weighted by Crippen LogP contribution is 2.45. The van der Waals surface area contributed by atoms with E-state index in [1.165, 1.54) is 28.8 Å². The number of aromatic amines is 1. The third kappa shape index (κ3) is 9.49. The van der Waals surface area contributed by atoms with Crippen LogP contribution < -0.4 is 19.1 Å². The fraction of sp³-hybridized carbons (Fsp3) is 0.417. The minimum Gasteiger partial charge on any atom is -0.487 e. The van der Waals surface area contributed by atoms with Crippen molar-refractivity contribution in [3.63, 3.8) is 0 Å². The van der Waals surface area contributed by atoms with Crippen LogP contribution in [0.4, 0.5) is 11.4 Å². The van der Waals surface area contributed by atoms with Gasteiger partial charge in [-0.3, -0.25) is 24.9 Å². The maximum atomic E-state index is 14.0. The molecular formula is C48H53ClN6O8S. The number of amides is 1. The lowest BCUT2D eigenvalue weighted by Gasteiger charge is -2.46. The van der Waals surface area contributed by atoms with Crippen molar-refractivity contribution in [1.82, 2.24) is 19.8 Å². The topological polar surface area (TPSA) is 169 Å². The van der Waals surface area contributed by atoms with Crippen molar-refractivity contribution in [3.8, 4) is 17.2 Å². The summed E-state index contributed by atoms with van der Waals surface area (Å²) in [6.07, 6.45) is 8.72. The molecule has 2 aliphatic heterocycles. The van der Waals surface area contributed by atoms with Gasteiger partial charge in [-0.1, -0.05) is 49.2 Å². The van der Waals surface area contributed by atoms with Crippen LogP contribution >= 0.6 is 11.6 Å². The lowest BCUT2D eigenvalue weighted by atomic mass is 9.69. The van der Waals surface area contributed by atoms with Crippen LogP contribution in [0, 0.1) is 26.9 Å². The summed E-state index contributed by atoms with van der Waals surface area (Å²) in [5.41, 5.74) is 5.59. The van der Waals surface area contributed by atoms with E-state index in [2.05, 4.69) is 50.7 Å². The van der Waals surface area contributed by atoms with E-state index in [1.54, 1.807) is 36.5 Å². The number of anilines is 1. The fourth-order valence-electron chi connectivity index (χ4n) is 9.53. The maximum Gasteiger partial charge on any atom is 0.312 e. The number of sulfonamides is 1. The number of allylic oxidation sites excluding steroid dienone is 1. The number of aromatic nitrogens is 2. The number of nitrogens with one attached hydrogen (secondary N) is 2. The van der Waals surface area contributed by atoms with Gasteiger partial charge in [-0.15, -0.1) is 0 Å². The first-order chi connectivity index (χ1) is 30.7. The Bertz CT molecular complexity index is 2700. The molecule has 9 rings (SSSR count). The predicted octanol–water partition coefficient (Wildman–Crippen LogP) is 9.41. The number of carbonyl (C=O) groups is 1. The zero-order valence-electron chi connectivity index (χ0n) is 36.1. The van der Waals surface area contributed by atoms with Crippen molar-refractivity contribution < 1.29 is 32.3 Å². The molecule has 1 aromatic heterocycles. The molecule has 64 heavy (non-hydrogen) atoms. The number of nitro benzene ring substituents is 1. The van der Waals surface area contributed by atoms with E-state index in [1.807, 2.05) is 18.2 Å². The Kier molecular flexibility index (Phi) is 12.2. The van der Waals surface area contributed by atoms with Crippen LogP contribution in [-0.2, 0) is 14.8 Å². The number of benzene rings is 4. The van der Waals surface area contributed by atoms with Gasteiger partial charge in [0, 0.05) is 61.0 Å². The van der Waals surface area contributed by atoms with Gasteiger partial charge in [0.05, 0.1) is 52.3 Å². The van der Waals surface area contributed by atoms with Crippen LogP contribution in [-0.4, -0.2) is 86.9 Å². The lowest BCUT2D eigenvalue weighted by molar-refractivity contribution is -0.386. The standard InChI is InChI=1S/C48H53ClN6O8S/c1-47(2)17-16-34(39(26-47)33-6-8-35(49)9-7-33)28-53-20-22-54(23-21-53)36-10-12-38(45(24-36)63-43-5-3-4-41-40(43)27-50-51-41)46(56)52-64(59,60)37-11-13-44(42(25-37)55(57)58)62-29-32-14-18-48(19-15-32)30-61-31-48/h3-13,24-25,27,32H,14-23,26,28-31H2,1-2H3,(H,50,51)(H,52,56). The largest absolute Gasteiger partial charge is 0.487 e. The summed E-state index contributed by atoms with van der Waals surface area (Å²) in [7, 11) is -4.59. The second kappa shape index (κ2) is 17.8. The number of nitrogens with zero attached hydrogens (tertiary/aromatic N) is 4. The van der Waals surface area contributed by atoms with Gasteiger partial charge >= 0.3 is 5.69 Å². The number of piperazine rings is 1. The molecule has 16 heteroatoms. The monoisotopic (exact) mass is 908 g/mol. The number of rotatable bonds is 13. The van der Waals surface area contributed by atoms with Crippen LogP contribution in [0.15, 0.2) is 95.5 Å². The predicted molar refractivity (Wildman–Crippen MR) is 246 cm³/mol. The molecule has 2 aliphatic carbocycles. The normalized spacial score (nSPS) is 19.1. The first-order valence-electron chi connectivity index (χ1n) is 22.0. The van der Waals surface area contributed by atoms with E-state index in [9.17, 15) is 23.3 Å². The van der Waals surface area contributed by atoms with Gasteiger partial charge in [-0.05, 0) is 116 Å². The lowest BCUT2D eigenvalue weighted by Crippen LogP contribution is -2.47. The van der Waals surface area contributed by atoms with Crippen molar-refractivity contribution >= 4 is 55.4 Å². The van der Waals surface area contributed by atoms with Crippen LogP contribution in [0.5, 0.6) is 17.2 Å². The Labute approximate surface area is 378 Å². The average molecular weight is 910 g/mol. The highest BCUT2D eigenvalue weighted by atomic mass is 35.5. The van der Waals surface area contributed by atoms with Crippen molar-refractivity contribution in [1.29, 1.82) is 0 Å². The number of halogens is 1. The average Bonchev–Trinajstić information content (AvgIpc) is 3.76. The zero-order chi connectivity index (χ0) is 44.6. The molecule has 4 aliphatic rings. The molecule has 1 amide bonds. The second-order valence-electron chi connectivity index (χ2n) is 18.6. The molecule has 2 saturated heterocycles. The van der Waals surface area contributed by atoms with Crippen LogP contribution in [0.25, 0.3) is 16.5 Å². The molecule has 1 spiro atoms. The Morgan fingerprint density at radius 1 is 0.969 bits per heavy atom. The van der Waals surface area contributed by atoms with Crippen molar-refractivity contribution in [2.45, 2.75) is 63.7 Å². The molecule has 5 aromatic rings. The maximum absolute atomic E-state index is 14.0. The first-order valence-corrected chi connectivity index (χ1v) is 23.8. The van der Waals surface area contributed by atoms with Gasteiger partial charge < -0.3 is 19.1 Å². The smallest absolute Gasteiger partial charge is 0.312 e. The number of H-pyrrole nitrogens is 1. The number of ether oxygens (including phenoxy) is 3. The van der Waals surface area contributed by atoms with Crippen molar-refractivity contribution in [2.75, 3.05) is 57.4 Å². The van der Waals surface area contributed by atoms with Crippen LogP contribution in [0.2, 0.25) is 5.02 Å². The Morgan fingerprint density at radius 2 is 1.73 bits per heavy atom. The molecular weight excluding hydrogens is 856 g/mol. The third-order valence-corrected chi connectivity index (χ3v) is 15.1. The van der Waals surface area contributed by atoms with E-state index in [4.69, 9.17) is 25.8 Å². The van der Waals surface area contributed by atoms with Gasteiger partial charge in [0.25, 0.3) is 15.9 Å². The summed E-state index contributed by atoms with van der Waals surface area (Å²) < 4.78 is 47.4. The van der Waals surface area contributed by atoms with E-state index in [0.29, 0.717) is 11.1 Å². The Balaban J connectivity index is 0.915. The molecule has 0 unspecified atom stereocenters. The van der Waals surface area contributed by atoms with Gasteiger partial charge in [0.1, 0.15) is 11.5 Å². The Hall–Kier alpha value is -5.48. The second-order valence-corrected chi connectivity index (χ2v) is 20.8. The molecule has 1 saturated carbocycles. The minimum atomic E-state index is -4.59. The summed E-state index contributed by atoms with van der Waals surface area (Å²) >= 11 is 6.25. The summed E-state index contributed by atoms with van der Waals surface area (Å²) in [5, 5.41) is 20.6. The number of carbonyl (C=O) groups excluding carboxylic acids is 1. The molecule has 3 heterocycles. The quantitative estimate of drug-likeness (QED) is 0.0853. The highest BCUT2D eigenvalue weighted by Gasteiger charge is 2.42. The summed E-state index contributed by atoms with van der Waals surface area (Å²) in [6.45, 7) is 10.5. The van der Waals surface area contributed by atoms with Gasteiger partial charge in [-0.25, -0.2) is 13.1 Å². The number of fused-ring (bicyclic) bond motifs is 1.